The van der Waals surface area contributed by atoms with Gasteiger partial charge in [-0.3, -0.25) is 0 Å². The Labute approximate surface area is 628 Å². The van der Waals surface area contributed by atoms with E-state index in [0.717, 1.165) is 111 Å². The summed E-state index contributed by atoms with van der Waals surface area (Å²) in [7, 11) is -15.2. The molecule has 103 heavy (non-hydrogen) atoms. The molecule has 12 aliphatic heterocycles. The maximum Gasteiger partial charge on any atom is 0.171 e. The Bertz CT molecular complexity index is 5260. The summed E-state index contributed by atoms with van der Waals surface area (Å²) in [6.07, 6.45) is 8.65. The fourth-order valence-electron chi connectivity index (χ4n) is 14.2. The highest BCUT2D eigenvalue weighted by Gasteiger charge is 2.34. The first-order valence-corrected chi connectivity index (χ1v) is 46.4. The Kier molecular flexibility index (Phi) is 23.9. The minimum atomic E-state index is -3.49. The number of hydrogen-bond acceptors (Lipinski definition) is 7. The van der Waals surface area contributed by atoms with Crippen molar-refractivity contribution in [2.24, 2.45) is 0 Å². The highest BCUT2D eigenvalue weighted by Crippen LogP contribution is 2.45. The predicted molar refractivity (Wildman–Crippen MR) is 441 cm³/mol. The van der Waals surface area contributed by atoms with E-state index in [-0.39, 0.29) is 34.5 Å². The van der Waals surface area contributed by atoms with Gasteiger partial charge in [0.05, 0.1) is 34.5 Å². The third-order valence-electron chi connectivity index (χ3n) is 19.2. The first kappa shape index (κ1) is 73.8. The van der Waals surface area contributed by atoms with Gasteiger partial charge >= 0.3 is 0 Å². The van der Waals surface area contributed by atoms with Crippen LogP contribution in [-0.2, 0) is 107 Å². The lowest BCUT2D eigenvalue weighted by Gasteiger charge is -2.25. The van der Waals surface area contributed by atoms with Crippen LogP contribution in [-0.4, -0.2) is 25.3 Å². The van der Waals surface area contributed by atoms with E-state index in [0.29, 0.717) is 21.5 Å². The van der Waals surface area contributed by atoms with Crippen LogP contribution in [0.2, 0.25) is 0 Å². The van der Waals surface area contributed by atoms with Crippen LogP contribution in [0.25, 0.3) is 0 Å². The molecule has 12 heterocycles. The van der Waals surface area contributed by atoms with Crippen LogP contribution in [0.15, 0.2) is 300 Å². The normalized spacial score (nSPS) is 15.4. The van der Waals surface area contributed by atoms with Gasteiger partial charge in [-0.25, -0.2) is 25.3 Å². The number of aryl methyl sites for hydroxylation is 7. The fraction of sp³-hybridized carbons (Fsp3) is 0.182. The molecule has 0 saturated carbocycles. The Morgan fingerprint density at radius 2 is 0.602 bits per heavy atom. The lowest BCUT2D eigenvalue weighted by molar-refractivity contribution is 0.591. The van der Waals surface area contributed by atoms with E-state index in [1.54, 1.807) is 0 Å². The summed E-state index contributed by atoms with van der Waals surface area (Å²) in [5.41, 5.74) is 13.4. The third kappa shape index (κ3) is 18.6. The summed E-state index contributed by atoms with van der Waals surface area (Å²) in [6.45, 7) is 2.05. The van der Waals surface area contributed by atoms with E-state index in [2.05, 4.69) is 190 Å². The summed E-state index contributed by atoms with van der Waals surface area (Å²) < 4.78 is 96.9. The Hall–Kier alpha value is -7.46. The largest absolute Gasteiger partial charge is 0.309 e. The van der Waals surface area contributed by atoms with Gasteiger partial charge < -0.3 is 4.57 Å². The van der Waals surface area contributed by atoms with Gasteiger partial charge in [-0.05, 0) is 209 Å². The smallest absolute Gasteiger partial charge is 0.171 e. The summed E-state index contributed by atoms with van der Waals surface area (Å²) >= 11 is 7.08. The monoisotopic (exact) mass is 1600 g/mol. The SMILES string of the molecule is Cc1cc2ccc1CCCc1ccc(c(P(=O)(c3ccccc3)c3ccccc3)c1)CS(=O)(=O)C2.O=S1(=O)Cc2ccc(c(Br)c2)CCCc2ccc(c(Br)c2)C1.O=S1(=O)Cc2ccc(c(P(c3ccccc3)c3ccccc3)c2)CCCc2ccc(c(P(c3ccccc3)c3ccccc3)c2)C1. The molecule has 0 aliphatic carbocycles. The quantitative estimate of drug-likeness (QED) is 0.132. The van der Waals surface area contributed by atoms with Crippen LogP contribution >= 0.6 is 54.8 Å². The van der Waals surface area contributed by atoms with Gasteiger partial charge in [0.15, 0.2) is 36.7 Å². The molecule has 15 heteroatoms. The number of halogens is 2. The van der Waals surface area contributed by atoms with Crippen LogP contribution in [0.4, 0.5) is 0 Å². The van der Waals surface area contributed by atoms with Crippen LogP contribution in [0, 0.1) is 6.92 Å². The lowest BCUT2D eigenvalue weighted by atomic mass is 9.98. The van der Waals surface area contributed by atoms with Crippen molar-refractivity contribution in [2.75, 3.05) is 0 Å². The molecule has 0 unspecified atom stereocenters. The Morgan fingerprint density at radius 1 is 0.291 bits per heavy atom. The molecule has 0 radical (unpaired) electrons. The average molecular weight is 1600 g/mol. The van der Waals surface area contributed by atoms with Crippen molar-refractivity contribution in [3.63, 3.8) is 0 Å². The van der Waals surface area contributed by atoms with Gasteiger partial charge in [0.25, 0.3) is 0 Å². The number of hydrogen-bond donors (Lipinski definition) is 0. The van der Waals surface area contributed by atoms with Crippen molar-refractivity contribution in [1.82, 2.24) is 0 Å². The zero-order chi connectivity index (χ0) is 71.6. The molecule has 0 N–H and O–H groups in total. The van der Waals surface area contributed by atoms with Gasteiger partial charge in [0.2, 0.25) is 0 Å². The van der Waals surface area contributed by atoms with E-state index in [1.165, 1.54) is 54.3 Å². The molecular formula is C88H81Br2O7P3S3. The first-order valence-electron chi connectivity index (χ1n) is 34.9. The molecule has 0 spiro atoms. The molecule has 522 valence electrons. The minimum absolute atomic E-state index is 0.0167. The van der Waals surface area contributed by atoms with Gasteiger partial charge in [0, 0.05) is 24.9 Å². The molecule has 0 fully saturated rings. The van der Waals surface area contributed by atoms with Crippen molar-refractivity contribution < 1.29 is 29.8 Å². The highest BCUT2D eigenvalue weighted by molar-refractivity contribution is 9.10. The Balaban J connectivity index is 0.000000146. The molecule has 12 aliphatic rings. The van der Waals surface area contributed by atoms with E-state index in [1.807, 2.05) is 140 Å². The molecule has 7 nitrogen and oxygen atoms in total. The summed E-state index contributed by atoms with van der Waals surface area (Å²) in [6, 6.07) is 98.3. The fourth-order valence-corrected chi connectivity index (χ4v) is 28.4. The zero-order valence-corrected chi connectivity index (χ0v) is 65.8. The van der Waals surface area contributed by atoms with Crippen LogP contribution in [0.3, 0.4) is 0 Å². The van der Waals surface area contributed by atoms with Crippen molar-refractivity contribution in [3.8, 4) is 0 Å². The summed E-state index contributed by atoms with van der Waals surface area (Å²) in [5, 5.41) is 9.51. The standard InChI is InChI=1S/C41H36O2P2S.C30H29O3PS.C17H16Br2O2S/c42-46(43)30-33-25-26-34(40(29-33)44(36-16-5-1-6-17-36)37-18-7-2-8-19-37)15-13-14-32-24-27-35(31-46)41(28-32)45(38-20-9-3-10-21-38)39-22-11-4-12-23-39;1-23-19-25-16-17-26(23)10-8-9-24-15-18-27(22-35(32,33)21-25)30(20-24)34(31,28-11-4-2-5-12-28)29-13-6-3-7-14-29;18-16-9-13-5-6-14(16)3-1-2-12-4-7-15(17(19)8-12)11-22(20,21)10-13/h1-12,16-29H,13-15,30-31H2;2-7,11-20H,8-10,21-22H2,1H3;4-9H,1-3,10-11H2. The van der Waals surface area contributed by atoms with Gasteiger partial charge in [-0.15, -0.1) is 0 Å². The average Bonchev–Trinajstić information content (AvgIpc) is 0.756. The second-order valence-electron chi connectivity index (χ2n) is 27.0. The van der Waals surface area contributed by atoms with Crippen LogP contribution in [0.1, 0.15) is 91.6 Å². The summed E-state index contributed by atoms with van der Waals surface area (Å²) in [4.78, 5) is 0. The van der Waals surface area contributed by atoms with Crippen molar-refractivity contribution >= 4 is 132 Å². The molecule has 0 saturated heterocycles. The van der Waals surface area contributed by atoms with Crippen molar-refractivity contribution in [3.05, 3.63) is 372 Å². The second-order valence-corrected chi connectivity index (χ2v) is 42.0. The van der Waals surface area contributed by atoms with Gasteiger partial charge in [-0.1, -0.05) is 299 Å². The maximum absolute atomic E-state index is 15.1. The van der Waals surface area contributed by atoms with E-state index >= 15 is 4.57 Å². The molecule has 0 amide bonds. The number of rotatable bonds is 9. The van der Waals surface area contributed by atoms with Crippen LogP contribution < -0.4 is 47.7 Å². The predicted octanol–water partition coefficient (Wildman–Crippen LogP) is 16.9. The van der Waals surface area contributed by atoms with E-state index in [9.17, 15) is 25.3 Å². The van der Waals surface area contributed by atoms with E-state index in [4.69, 9.17) is 0 Å². The molecular weight excluding hydrogens is 1520 g/mol. The van der Waals surface area contributed by atoms with Gasteiger partial charge in [-0.2, -0.15) is 0 Å². The molecule has 12 aromatic rings. The zero-order valence-electron chi connectivity index (χ0n) is 57.5. The number of sulfone groups is 3. The van der Waals surface area contributed by atoms with Crippen molar-refractivity contribution in [2.45, 2.75) is 99.2 Å². The molecule has 0 aromatic heterocycles. The lowest BCUT2D eigenvalue weighted by Crippen LogP contribution is -2.29. The minimum Gasteiger partial charge on any atom is -0.309 e. The highest BCUT2D eigenvalue weighted by atomic mass is 79.9. The van der Waals surface area contributed by atoms with Gasteiger partial charge in [0.1, 0.15) is 0 Å². The second kappa shape index (κ2) is 33.3. The van der Waals surface area contributed by atoms with Crippen LogP contribution in [0.5, 0.6) is 0 Å². The Morgan fingerprint density at radius 3 is 1.07 bits per heavy atom. The van der Waals surface area contributed by atoms with E-state index < -0.39 is 52.5 Å². The molecule has 12 aromatic carbocycles. The van der Waals surface area contributed by atoms with Crippen molar-refractivity contribution in [1.29, 1.82) is 0 Å². The molecule has 0 atom stereocenters. The maximum atomic E-state index is 15.1. The molecule has 12 bridgehead atoms. The summed E-state index contributed by atoms with van der Waals surface area (Å²) in [5.74, 6) is -0.0101. The first-order chi connectivity index (χ1) is 49.8. The third-order valence-corrected chi connectivity index (χ3v) is 33.5. The number of benzene rings is 12. The topological polar surface area (TPSA) is 119 Å². The molecule has 24 rings (SSSR count).